The second-order valence-corrected chi connectivity index (χ2v) is 8.63. The second kappa shape index (κ2) is 8.20. The van der Waals surface area contributed by atoms with Gasteiger partial charge in [0.1, 0.15) is 0 Å². The Bertz CT molecular complexity index is 999. The number of rotatable bonds is 6. The van der Waals surface area contributed by atoms with Crippen molar-refractivity contribution in [1.29, 1.82) is 0 Å². The lowest BCUT2D eigenvalue weighted by Crippen LogP contribution is -2.37. The van der Waals surface area contributed by atoms with Crippen LogP contribution in [0.2, 0.25) is 0 Å². The van der Waals surface area contributed by atoms with E-state index in [4.69, 9.17) is 9.47 Å². The molecular formula is C21H28N4O3S. The van der Waals surface area contributed by atoms with Crippen LogP contribution in [-0.2, 0) is 6.42 Å². The summed E-state index contributed by atoms with van der Waals surface area (Å²) in [4.78, 5) is 8.59. The summed E-state index contributed by atoms with van der Waals surface area (Å²) in [5.41, 5.74) is 1.06. The molecule has 3 heterocycles. The zero-order valence-corrected chi connectivity index (χ0v) is 18.2. The molecule has 3 aromatic rings. The highest BCUT2D eigenvalue weighted by Gasteiger charge is 2.32. The van der Waals surface area contributed by atoms with Gasteiger partial charge in [-0.25, -0.2) is 4.98 Å². The van der Waals surface area contributed by atoms with Gasteiger partial charge in [0.2, 0.25) is 10.8 Å². The van der Waals surface area contributed by atoms with Crippen LogP contribution in [0.1, 0.15) is 49.0 Å². The van der Waals surface area contributed by atoms with Crippen LogP contribution in [0.5, 0.6) is 17.4 Å². The van der Waals surface area contributed by atoms with E-state index >= 15 is 0 Å². The summed E-state index contributed by atoms with van der Waals surface area (Å²) in [5.74, 6) is 2.92. The first-order valence-corrected chi connectivity index (χ1v) is 10.9. The molecule has 0 amide bonds. The molecule has 156 valence electrons. The summed E-state index contributed by atoms with van der Waals surface area (Å²) >= 11 is 1.51. The van der Waals surface area contributed by atoms with Gasteiger partial charge in [-0.3, -0.25) is 4.90 Å². The molecule has 29 heavy (non-hydrogen) atoms. The first-order chi connectivity index (χ1) is 14.0. The van der Waals surface area contributed by atoms with Crippen LogP contribution in [0.4, 0.5) is 0 Å². The number of piperidine rings is 1. The van der Waals surface area contributed by atoms with Crippen molar-refractivity contribution in [2.45, 2.75) is 39.2 Å². The van der Waals surface area contributed by atoms with E-state index in [-0.39, 0.29) is 11.9 Å². The van der Waals surface area contributed by atoms with Crippen LogP contribution < -0.4 is 9.47 Å². The molecule has 2 aromatic heterocycles. The molecule has 0 unspecified atom stereocenters. The van der Waals surface area contributed by atoms with Crippen molar-refractivity contribution in [2.24, 2.45) is 5.92 Å². The maximum Gasteiger partial charge on any atom is 0.230 e. The number of aromatic nitrogens is 3. The first-order valence-electron chi connectivity index (χ1n) is 10.1. The van der Waals surface area contributed by atoms with Crippen molar-refractivity contribution in [2.75, 3.05) is 27.3 Å². The monoisotopic (exact) mass is 416 g/mol. The number of hydrogen-bond donors (Lipinski definition) is 1. The smallest absolute Gasteiger partial charge is 0.230 e. The second-order valence-electron chi connectivity index (χ2n) is 7.63. The minimum atomic E-state index is -0.0869. The maximum absolute atomic E-state index is 11.0. The standard InChI is InChI=1S/C21H28N4O3S/c1-5-17-22-21-25(23-17)20(26)19(29-21)18(24-10-6-7-13(2)12-24)14-8-9-15(27-3)16(11-14)28-4/h8-9,11,13,18,26H,5-7,10,12H2,1-4H3/t13-,18+/m1/s1. The summed E-state index contributed by atoms with van der Waals surface area (Å²) in [5, 5.41) is 15.5. The number of hydrogen-bond acceptors (Lipinski definition) is 7. The van der Waals surface area contributed by atoms with Crippen LogP contribution in [0.3, 0.4) is 0 Å². The minimum absolute atomic E-state index is 0.0869. The molecule has 1 N–H and O–H groups in total. The van der Waals surface area contributed by atoms with Gasteiger partial charge in [0.15, 0.2) is 17.3 Å². The van der Waals surface area contributed by atoms with Crippen molar-refractivity contribution < 1.29 is 14.6 Å². The van der Waals surface area contributed by atoms with E-state index < -0.39 is 0 Å². The third-order valence-corrected chi connectivity index (χ3v) is 6.66. The highest BCUT2D eigenvalue weighted by Crippen LogP contribution is 2.43. The third-order valence-electron chi connectivity index (χ3n) is 5.59. The number of aromatic hydroxyl groups is 1. The minimum Gasteiger partial charge on any atom is -0.493 e. The zero-order valence-electron chi connectivity index (χ0n) is 17.4. The highest BCUT2D eigenvalue weighted by molar-refractivity contribution is 7.17. The number of likely N-dealkylation sites (tertiary alicyclic amines) is 1. The molecule has 0 aliphatic carbocycles. The number of aryl methyl sites for hydroxylation is 1. The molecule has 1 saturated heterocycles. The average Bonchev–Trinajstić information content (AvgIpc) is 3.27. The lowest BCUT2D eigenvalue weighted by atomic mass is 9.95. The Labute approximate surface area is 174 Å². The SMILES string of the molecule is CCc1nc2sc([C@H](c3ccc(OC)c(OC)c3)N3CCC[C@@H](C)C3)c(O)n2n1. The molecule has 4 rings (SSSR count). The number of fused-ring (bicyclic) bond motifs is 1. The van der Waals surface area contributed by atoms with E-state index in [1.54, 1.807) is 18.7 Å². The Balaban J connectivity index is 1.83. The fraction of sp³-hybridized carbons (Fsp3) is 0.524. The molecule has 1 aliphatic heterocycles. The van der Waals surface area contributed by atoms with E-state index in [0.717, 1.165) is 47.2 Å². The largest absolute Gasteiger partial charge is 0.493 e. The van der Waals surface area contributed by atoms with Gasteiger partial charge in [-0.05, 0) is 43.0 Å². The molecule has 8 heteroatoms. The Morgan fingerprint density at radius 2 is 2.07 bits per heavy atom. The summed E-state index contributed by atoms with van der Waals surface area (Å²) in [6.07, 6.45) is 3.12. The summed E-state index contributed by atoms with van der Waals surface area (Å²) in [6, 6.07) is 5.90. The van der Waals surface area contributed by atoms with Crippen molar-refractivity contribution in [3.8, 4) is 17.4 Å². The topological polar surface area (TPSA) is 72.1 Å². The van der Waals surface area contributed by atoms with Crippen molar-refractivity contribution in [3.63, 3.8) is 0 Å². The number of nitrogens with zero attached hydrogens (tertiary/aromatic N) is 4. The lowest BCUT2D eigenvalue weighted by molar-refractivity contribution is 0.149. The molecule has 2 atom stereocenters. The Kier molecular flexibility index (Phi) is 5.65. The summed E-state index contributed by atoms with van der Waals surface area (Å²) in [7, 11) is 3.28. The normalized spacial score (nSPS) is 18.8. The van der Waals surface area contributed by atoms with Crippen LogP contribution in [0.25, 0.3) is 4.96 Å². The molecule has 0 saturated carbocycles. The van der Waals surface area contributed by atoms with E-state index in [2.05, 4.69) is 28.0 Å². The predicted octanol–water partition coefficient (Wildman–Crippen LogP) is 3.90. The molecule has 0 radical (unpaired) electrons. The lowest BCUT2D eigenvalue weighted by Gasteiger charge is -2.37. The fourth-order valence-electron chi connectivity index (χ4n) is 4.13. The molecular weight excluding hydrogens is 388 g/mol. The van der Waals surface area contributed by atoms with Gasteiger partial charge >= 0.3 is 0 Å². The first kappa shape index (κ1) is 20.0. The highest BCUT2D eigenvalue weighted by atomic mass is 32.1. The average molecular weight is 417 g/mol. The number of ether oxygens (including phenoxy) is 2. The van der Waals surface area contributed by atoms with Crippen LogP contribution >= 0.6 is 11.3 Å². The van der Waals surface area contributed by atoms with Crippen LogP contribution in [0.15, 0.2) is 18.2 Å². The van der Waals surface area contributed by atoms with Crippen molar-refractivity contribution in [1.82, 2.24) is 19.5 Å². The van der Waals surface area contributed by atoms with E-state index in [1.807, 2.05) is 19.1 Å². The van der Waals surface area contributed by atoms with Crippen LogP contribution in [0, 0.1) is 5.92 Å². The molecule has 7 nitrogen and oxygen atoms in total. The van der Waals surface area contributed by atoms with Gasteiger partial charge < -0.3 is 14.6 Å². The molecule has 1 fully saturated rings. The van der Waals surface area contributed by atoms with Gasteiger partial charge in [0, 0.05) is 13.0 Å². The van der Waals surface area contributed by atoms with Gasteiger partial charge in [-0.15, -0.1) is 5.10 Å². The van der Waals surface area contributed by atoms with E-state index in [9.17, 15) is 5.11 Å². The van der Waals surface area contributed by atoms with Crippen LogP contribution in [-0.4, -0.2) is 51.9 Å². The molecule has 0 bridgehead atoms. The zero-order chi connectivity index (χ0) is 20.5. The number of benzene rings is 1. The fourth-order valence-corrected chi connectivity index (χ4v) is 5.27. The Hall–Kier alpha value is -2.32. The van der Waals surface area contributed by atoms with Gasteiger partial charge in [-0.1, -0.05) is 31.3 Å². The van der Waals surface area contributed by atoms with Gasteiger partial charge in [0.05, 0.1) is 25.1 Å². The predicted molar refractivity (Wildman–Crippen MR) is 113 cm³/mol. The van der Waals surface area contributed by atoms with Gasteiger partial charge in [-0.2, -0.15) is 4.52 Å². The quantitative estimate of drug-likeness (QED) is 0.657. The Morgan fingerprint density at radius 1 is 1.28 bits per heavy atom. The third kappa shape index (κ3) is 3.67. The number of methoxy groups -OCH3 is 2. The summed E-state index contributed by atoms with van der Waals surface area (Å²) < 4.78 is 12.5. The van der Waals surface area contributed by atoms with E-state index in [1.165, 1.54) is 17.8 Å². The van der Waals surface area contributed by atoms with Gasteiger partial charge in [0.25, 0.3) is 0 Å². The van der Waals surface area contributed by atoms with Crippen molar-refractivity contribution >= 4 is 16.3 Å². The number of thiazole rings is 1. The van der Waals surface area contributed by atoms with E-state index in [0.29, 0.717) is 17.4 Å². The molecule has 1 aromatic carbocycles. The van der Waals surface area contributed by atoms with Crippen molar-refractivity contribution in [3.05, 3.63) is 34.5 Å². The molecule has 1 aliphatic rings. The molecule has 0 spiro atoms. The summed E-state index contributed by atoms with van der Waals surface area (Å²) in [6.45, 7) is 6.26. The maximum atomic E-state index is 11.0. The Morgan fingerprint density at radius 3 is 2.72 bits per heavy atom.